The number of aromatic nitrogens is 1. The zero-order chi connectivity index (χ0) is 12.8. The van der Waals surface area contributed by atoms with Crippen molar-refractivity contribution in [1.29, 1.82) is 0 Å². The molecule has 0 spiro atoms. The highest BCUT2D eigenvalue weighted by Gasteiger charge is 2.15. The van der Waals surface area contributed by atoms with Gasteiger partial charge >= 0.3 is 0 Å². The summed E-state index contributed by atoms with van der Waals surface area (Å²) in [5.74, 6) is 0. The van der Waals surface area contributed by atoms with E-state index in [9.17, 15) is 0 Å². The molecule has 2 rings (SSSR count). The molecule has 98 valence electrons. The molecule has 2 unspecified atom stereocenters. The maximum atomic E-state index is 5.54. The Morgan fingerprint density at radius 2 is 2.33 bits per heavy atom. The van der Waals surface area contributed by atoms with E-state index in [1.54, 1.807) is 0 Å². The third-order valence-electron chi connectivity index (χ3n) is 3.11. The SMILES string of the molecule is CC(NC(=S)NCC1CCCO1)c1cc[nH+]cc1. The largest absolute Gasteiger partial charge is 0.376 e. The maximum absolute atomic E-state index is 5.54. The summed E-state index contributed by atoms with van der Waals surface area (Å²) < 4.78 is 5.54. The minimum Gasteiger partial charge on any atom is -0.376 e. The number of nitrogens with one attached hydrogen (secondary N) is 3. The first kappa shape index (κ1) is 13.2. The van der Waals surface area contributed by atoms with Gasteiger partial charge in [0.1, 0.15) is 0 Å². The van der Waals surface area contributed by atoms with Gasteiger partial charge in [-0.15, -0.1) is 0 Å². The minimum absolute atomic E-state index is 0.198. The van der Waals surface area contributed by atoms with Crippen LogP contribution in [0.3, 0.4) is 0 Å². The molecule has 1 aliphatic heterocycles. The van der Waals surface area contributed by atoms with Gasteiger partial charge in [0, 0.05) is 25.3 Å². The molecule has 1 fully saturated rings. The van der Waals surface area contributed by atoms with Gasteiger partial charge in [0.25, 0.3) is 0 Å². The molecule has 0 saturated carbocycles. The number of thiocarbonyl (C=S) groups is 1. The van der Waals surface area contributed by atoms with E-state index in [4.69, 9.17) is 17.0 Å². The predicted molar refractivity (Wildman–Crippen MR) is 74.1 cm³/mol. The van der Waals surface area contributed by atoms with E-state index in [1.165, 1.54) is 5.56 Å². The quantitative estimate of drug-likeness (QED) is 0.804. The Morgan fingerprint density at radius 1 is 1.56 bits per heavy atom. The third kappa shape index (κ3) is 3.92. The van der Waals surface area contributed by atoms with Gasteiger partial charge in [-0.25, -0.2) is 4.98 Å². The number of rotatable bonds is 4. The van der Waals surface area contributed by atoms with Crippen molar-refractivity contribution in [3.8, 4) is 0 Å². The lowest BCUT2D eigenvalue weighted by atomic mass is 10.1. The van der Waals surface area contributed by atoms with Crippen LogP contribution in [0, 0.1) is 0 Å². The summed E-state index contributed by atoms with van der Waals surface area (Å²) in [5.41, 5.74) is 1.20. The van der Waals surface area contributed by atoms with Crippen LogP contribution in [-0.2, 0) is 4.74 Å². The molecule has 1 saturated heterocycles. The molecule has 0 aliphatic carbocycles. The van der Waals surface area contributed by atoms with Crippen molar-refractivity contribution in [3.05, 3.63) is 30.1 Å². The summed E-state index contributed by atoms with van der Waals surface area (Å²) >= 11 is 5.28. The predicted octanol–water partition coefficient (Wildman–Crippen LogP) is 1.20. The van der Waals surface area contributed by atoms with Gasteiger partial charge in [-0.3, -0.25) is 0 Å². The van der Waals surface area contributed by atoms with Crippen LogP contribution in [-0.4, -0.2) is 24.4 Å². The molecule has 1 aliphatic rings. The smallest absolute Gasteiger partial charge is 0.167 e. The Hall–Kier alpha value is -1.20. The van der Waals surface area contributed by atoms with Gasteiger partial charge in [-0.2, -0.15) is 0 Å². The van der Waals surface area contributed by atoms with Gasteiger partial charge in [-0.1, -0.05) is 0 Å². The van der Waals surface area contributed by atoms with E-state index in [-0.39, 0.29) is 6.04 Å². The van der Waals surface area contributed by atoms with Crippen LogP contribution in [0.1, 0.15) is 31.4 Å². The van der Waals surface area contributed by atoms with E-state index in [0.29, 0.717) is 11.2 Å². The normalized spacial score (nSPS) is 20.4. The average Bonchev–Trinajstić information content (AvgIpc) is 2.90. The second kappa shape index (κ2) is 6.66. The summed E-state index contributed by atoms with van der Waals surface area (Å²) in [7, 11) is 0. The number of H-pyrrole nitrogens is 1. The van der Waals surface area contributed by atoms with Crippen LogP contribution in [0.25, 0.3) is 0 Å². The van der Waals surface area contributed by atoms with Crippen molar-refractivity contribution in [2.45, 2.75) is 31.9 Å². The highest BCUT2D eigenvalue weighted by molar-refractivity contribution is 7.80. The highest BCUT2D eigenvalue weighted by atomic mass is 32.1. The number of aromatic amines is 1. The highest BCUT2D eigenvalue weighted by Crippen LogP contribution is 2.11. The van der Waals surface area contributed by atoms with Crippen LogP contribution in [0.2, 0.25) is 0 Å². The Bertz CT molecular complexity index is 379. The summed E-state index contributed by atoms with van der Waals surface area (Å²) in [6, 6.07) is 4.28. The molecular formula is C13H20N3OS+. The fourth-order valence-electron chi connectivity index (χ4n) is 2.03. The molecule has 1 aromatic rings. The van der Waals surface area contributed by atoms with E-state index in [2.05, 4.69) is 22.5 Å². The van der Waals surface area contributed by atoms with Crippen molar-refractivity contribution < 1.29 is 9.72 Å². The second-order valence-corrected chi connectivity index (χ2v) is 4.95. The van der Waals surface area contributed by atoms with Crippen molar-refractivity contribution in [3.63, 3.8) is 0 Å². The molecule has 0 bridgehead atoms. The molecule has 4 nitrogen and oxygen atoms in total. The van der Waals surface area contributed by atoms with Crippen LogP contribution in [0.5, 0.6) is 0 Å². The van der Waals surface area contributed by atoms with Crippen LogP contribution in [0.15, 0.2) is 24.5 Å². The van der Waals surface area contributed by atoms with E-state index in [0.717, 1.165) is 26.0 Å². The van der Waals surface area contributed by atoms with Gasteiger partial charge in [0.05, 0.1) is 12.1 Å². The lowest BCUT2D eigenvalue weighted by Crippen LogP contribution is -2.40. The topological polar surface area (TPSA) is 47.4 Å². The zero-order valence-corrected chi connectivity index (χ0v) is 11.4. The summed E-state index contributed by atoms with van der Waals surface area (Å²) in [6.07, 6.45) is 6.42. The molecule has 5 heteroatoms. The molecule has 0 aromatic carbocycles. The molecule has 0 amide bonds. The summed E-state index contributed by atoms with van der Waals surface area (Å²) in [6.45, 7) is 3.76. The number of ether oxygens (including phenoxy) is 1. The van der Waals surface area contributed by atoms with Gasteiger partial charge in [0.15, 0.2) is 17.5 Å². The van der Waals surface area contributed by atoms with Crippen molar-refractivity contribution >= 4 is 17.3 Å². The molecular weight excluding hydrogens is 246 g/mol. The first-order valence-electron chi connectivity index (χ1n) is 6.37. The molecule has 3 N–H and O–H groups in total. The van der Waals surface area contributed by atoms with Crippen LogP contribution < -0.4 is 15.6 Å². The average molecular weight is 266 g/mol. The second-order valence-electron chi connectivity index (χ2n) is 4.54. The number of hydrogen-bond donors (Lipinski definition) is 2. The lowest BCUT2D eigenvalue weighted by Gasteiger charge is -2.18. The fraction of sp³-hybridized carbons (Fsp3) is 0.538. The van der Waals surface area contributed by atoms with Gasteiger partial charge in [-0.05, 0) is 37.5 Å². The Labute approximate surface area is 113 Å². The molecule has 18 heavy (non-hydrogen) atoms. The number of hydrogen-bond acceptors (Lipinski definition) is 2. The van der Waals surface area contributed by atoms with Crippen LogP contribution in [0.4, 0.5) is 0 Å². The Balaban J connectivity index is 1.73. The molecule has 2 heterocycles. The first-order valence-corrected chi connectivity index (χ1v) is 6.78. The van der Waals surface area contributed by atoms with E-state index in [1.807, 2.05) is 24.5 Å². The van der Waals surface area contributed by atoms with E-state index >= 15 is 0 Å². The molecule has 0 radical (unpaired) electrons. The molecule has 2 atom stereocenters. The van der Waals surface area contributed by atoms with Crippen molar-refractivity contribution in [1.82, 2.24) is 10.6 Å². The van der Waals surface area contributed by atoms with Gasteiger partial charge in [0.2, 0.25) is 0 Å². The maximum Gasteiger partial charge on any atom is 0.167 e. The fourth-order valence-corrected chi connectivity index (χ4v) is 2.29. The monoisotopic (exact) mass is 266 g/mol. The van der Waals surface area contributed by atoms with E-state index < -0.39 is 0 Å². The first-order chi connectivity index (χ1) is 8.75. The van der Waals surface area contributed by atoms with Crippen LogP contribution >= 0.6 is 12.2 Å². The Morgan fingerprint density at radius 3 is 3.00 bits per heavy atom. The van der Waals surface area contributed by atoms with Gasteiger partial charge < -0.3 is 15.4 Å². The third-order valence-corrected chi connectivity index (χ3v) is 3.37. The lowest BCUT2D eigenvalue weighted by molar-refractivity contribution is -0.378. The Kier molecular flexibility index (Phi) is 4.90. The molecule has 1 aromatic heterocycles. The van der Waals surface area contributed by atoms with Crippen molar-refractivity contribution in [2.24, 2.45) is 0 Å². The zero-order valence-electron chi connectivity index (χ0n) is 10.6. The minimum atomic E-state index is 0.198. The number of pyridine rings is 1. The standard InChI is InChI=1S/C13H19N3OS/c1-10(11-4-6-14-7-5-11)16-13(18)15-9-12-3-2-8-17-12/h4-7,10,12H,2-3,8-9H2,1H3,(H2,15,16,18)/p+1. The summed E-state index contributed by atoms with van der Waals surface area (Å²) in [4.78, 5) is 3.01. The van der Waals surface area contributed by atoms with Crippen molar-refractivity contribution in [2.75, 3.05) is 13.2 Å². The summed E-state index contributed by atoms with van der Waals surface area (Å²) in [5, 5.41) is 7.17.